The van der Waals surface area contributed by atoms with Gasteiger partial charge < -0.3 is 14.2 Å². The third-order valence-corrected chi connectivity index (χ3v) is 4.81. The van der Waals surface area contributed by atoms with E-state index in [-0.39, 0.29) is 6.29 Å². The molecule has 2 aliphatic rings. The molecule has 3 nitrogen and oxygen atoms in total. The summed E-state index contributed by atoms with van der Waals surface area (Å²) in [6.07, 6.45) is 7.37. The Balaban J connectivity index is 1.27. The van der Waals surface area contributed by atoms with Crippen LogP contribution in [-0.2, 0) is 9.47 Å². The second kappa shape index (κ2) is 7.61. The van der Waals surface area contributed by atoms with Crippen molar-refractivity contribution >= 4 is 15.9 Å². The summed E-state index contributed by atoms with van der Waals surface area (Å²) in [6.45, 7) is 1.65. The van der Waals surface area contributed by atoms with Gasteiger partial charge in [-0.05, 0) is 68.7 Å². The predicted molar refractivity (Wildman–Crippen MR) is 85.4 cm³/mol. The number of ether oxygens (including phenoxy) is 3. The summed E-state index contributed by atoms with van der Waals surface area (Å²) in [5.41, 5.74) is 0. The molecule has 1 aromatic rings. The molecule has 1 aromatic carbocycles. The first-order valence-corrected chi connectivity index (χ1v) is 8.74. The maximum Gasteiger partial charge on any atom is 0.157 e. The first-order chi connectivity index (χ1) is 10.3. The zero-order chi connectivity index (χ0) is 14.5. The van der Waals surface area contributed by atoms with Gasteiger partial charge in [0, 0.05) is 11.1 Å². The van der Waals surface area contributed by atoms with Crippen LogP contribution in [0.3, 0.4) is 0 Å². The van der Waals surface area contributed by atoms with Gasteiger partial charge in [-0.3, -0.25) is 0 Å². The van der Waals surface area contributed by atoms with Crippen LogP contribution in [0.4, 0.5) is 0 Å². The molecule has 2 fully saturated rings. The van der Waals surface area contributed by atoms with Crippen molar-refractivity contribution in [1.29, 1.82) is 0 Å². The van der Waals surface area contributed by atoms with Crippen molar-refractivity contribution < 1.29 is 14.2 Å². The maximum atomic E-state index is 5.97. The van der Waals surface area contributed by atoms with Crippen LogP contribution in [-0.4, -0.2) is 25.6 Å². The fraction of sp³-hybridized carbons (Fsp3) is 0.647. The average molecular weight is 355 g/mol. The summed E-state index contributed by atoms with van der Waals surface area (Å²) in [5.74, 6) is 1.69. The number of hydrogen-bond donors (Lipinski definition) is 0. The first-order valence-electron chi connectivity index (χ1n) is 7.95. The van der Waals surface area contributed by atoms with Crippen molar-refractivity contribution in [2.45, 2.75) is 50.9 Å². The number of rotatable bonds is 6. The highest BCUT2D eigenvalue weighted by molar-refractivity contribution is 9.10. The van der Waals surface area contributed by atoms with E-state index in [9.17, 15) is 0 Å². The molecule has 0 radical (unpaired) electrons. The van der Waals surface area contributed by atoms with Gasteiger partial charge in [-0.1, -0.05) is 15.9 Å². The van der Waals surface area contributed by atoms with Crippen LogP contribution in [0.5, 0.6) is 5.75 Å². The first kappa shape index (κ1) is 15.3. The van der Waals surface area contributed by atoms with E-state index in [1.165, 1.54) is 12.8 Å². The van der Waals surface area contributed by atoms with Crippen LogP contribution in [0.1, 0.15) is 38.5 Å². The molecule has 1 aliphatic carbocycles. The van der Waals surface area contributed by atoms with Crippen LogP contribution in [0, 0.1) is 5.92 Å². The summed E-state index contributed by atoms with van der Waals surface area (Å²) in [4.78, 5) is 0. The van der Waals surface area contributed by atoms with Crippen molar-refractivity contribution in [2.24, 2.45) is 5.92 Å². The Kier molecular flexibility index (Phi) is 5.55. The molecule has 1 atom stereocenters. The van der Waals surface area contributed by atoms with Gasteiger partial charge in [-0.25, -0.2) is 0 Å². The molecular formula is C17H23BrO3. The molecule has 3 rings (SSSR count). The zero-order valence-electron chi connectivity index (χ0n) is 12.3. The fourth-order valence-electron chi connectivity index (χ4n) is 2.93. The molecule has 1 heterocycles. The second-order valence-corrected chi connectivity index (χ2v) is 6.90. The summed E-state index contributed by atoms with van der Waals surface area (Å²) in [7, 11) is 0. The molecule has 1 saturated carbocycles. The Hall–Kier alpha value is -0.580. The monoisotopic (exact) mass is 354 g/mol. The zero-order valence-corrected chi connectivity index (χ0v) is 13.9. The molecule has 0 bridgehead atoms. The molecule has 116 valence electrons. The third-order valence-electron chi connectivity index (χ3n) is 4.28. The number of benzene rings is 1. The van der Waals surface area contributed by atoms with Crippen LogP contribution in [0.25, 0.3) is 0 Å². The maximum absolute atomic E-state index is 5.97. The molecule has 0 aromatic heterocycles. The van der Waals surface area contributed by atoms with Gasteiger partial charge in [-0.15, -0.1) is 0 Å². The minimum atomic E-state index is 0.0590. The van der Waals surface area contributed by atoms with E-state index in [2.05, 4.69) is 15.9 Å². The average Bonchev–Trinajstić information content (AvgIpc) is 2.47. The van der Waals surface area contributed by atoms with Gasteiger partial charge in [0.2, 0.25) is 0 Å². The van der Waals surface area contributed by atoms with Gasteiger partial charge in [-0.2, -0.15) is 0 Å². The van der Waals surface area contributed by atoms with E-state index in [1.54, 1.807) is 0 Å². The Bertz CT molecular complexity index is 422. The third kappa shape index (κ3) is 4.70. The Labute approximate surface area is 135 Å². The Morgan fingerprint density at radius 2 is 1.95 bits per heavy atom. The van der Waals surface area contributed by atoms with Gasteiger partial charge in [0.15, 0.2) is 6.29 Å². The lowest BCUT2D eigenvalue weighted by Crippen LogP contribution is -2.37. The lowest BCUT2D eigenvalue weighted by Gasteiger charge is -2.38. The van der Waals surface area contributed by atoms with Crippen LogP contribution in [0.15, 0.2) is 28.7 Å². The van der Waals surface area contributed by atoms with E-state index in [1.807, 2.05) is 24.3 Å². The van der Waals surface area contributed by atoms with E-state index in [0.29, 0.717) is 6.10 Å². The Morgan fingerprint density at radius 3 is 2.67 bits per heavy atom. The smallest absolute Gasteiger partial charge is 0.157 e. The van der Waals surface area contributed by atoms with Crippen molar-refractivity contribution in [3.05, 3.63) is 28.7 Å². The topological polar surface area (TPSA) is 27.7 Å². The SMILES string of the molecule is Brc1ccc(OCCC2CC(OC3CCCCO3)C2)cc1. The number of hydrogen-bond acceptors (Lipinski definition) is 3. The molecule has 0 spiro atoms. The molecule has 1 aliphatic heterocycles. The lowest BCUT2D eigenvalue weighted by molar-refractivity contribution is -0.210. The van der Waals surface area contributed by atoms with Crippen molar-refractivity contribution in [3.8, 4) is 5.75 Å². The molecule has 21 heavy (non-hydrogen) atoms. The van der Waals surface area contributed by atoms with Gasteiger partial charge in [0.25, 0.3) is 0 Å². The van der Waals surface area contributed by atoms with Gasteiger partial charge >= 0.3 is 0 Å². The quantitative estimate of drug-likeness (QED) is 0.750. The molecular weight excluding hydrogens is 332 g/mol. The van der Waals surface area contributed by atoms with Crippen molar-refractivity contribution in [2.75, 3.05) is 13.2 Å². The summed E-state index contributed by atoms with van der Waals surface area (Å²) in [6, 6.07) is 8.01. The van der Waals surface area contributed by atoms with E-state index in [4.69, 9.17) is 14.2 Å². The number of halogens is 1. The highest BCUT2D eigenvalue weighted by Gasteiger charge is 2.32. The standard InChI is InChI=1S/C17H23BrO3/c18-14-4-6-15(7-5-14)19-10-8-13-11-16(12-13)21-17-3-1-2-9-20-17/h4-7,13,16-17H,1-3,8-12H2. The molecule has 0 N–H and O–H groups in total. The fourth-order valence-corrected chi connectivity index (χ4v) is 3.19. The minimum Gasteiger partial charge on any atom is -0.494 e. The molecule has 4 heteroatoms. The van der Waals surface area contributed by atoms with Crippen molar-refractivity contribution in [3.63, 3.8) is 0 Å². The highest BCUT2D eigenvalue weighted by Crippen LogP contribution is 2.34. The largest absolute Gasteiger partial charge is 0.494 e. The van der Waals surface area contributed by atoms with Crippen LogP contribution in [0.2, 0.25) is 0 Å². The predicted octanol–water partition coefficient (Wildman–Crippen LogP) is 4.54. The highest BCUT2D eigenvalue weighted by atomic mass is 79.9. The lowest BCUT2D eigenvalue weighted by atomic mass is 9.80. The molecule has 1 unspecified atom stereocenters. The van der Waals surface area contributed by atoms with E-state index < -0.39 is 0 Å². The normalized spacial score (nSPS) is 28.9. The van der Waals surface area contributed by atoms with Gasteiger partial charge in [0.1, 0.15) is 5.75 Å². The summed E-state index contributed by atoms with van der Waals surface area (Å²) in [5, 5.41) is 0. The molecule has 1 saturated heterocycles. The molecule has 0 amide bonds. The van der Waals surface area contributed by atoms with Gasteiger partial charge in [0.05, 0.1) is 12.7 Å². The van der Waals surface area contributed by atoms with E-state index >= 15 is 0 Å². The van der Waals surface area contributed by atoms with Crippen LogP contribution < -0.4 is 4.74 Å². The Morgan fingerprint density at radius 1 is 1.14 bits per heavy atom. The minimum absolute atomic E-state index is 0.0590. The summed E-state index contributed by atoms with van der Waals surface area (Å²) >= 11 is 3.42. The van der Waals surface area contributed by atoms with Crippen LogP contribution >= 0.6 is 15.9 Å². The van der Waals surface area contributed by atoms with Crippen molar-refractivity contribution in [1.82, 2.24) is 0 Å². The second-order valence-electron chi connectivity index (χ2n) is 5.98. The summed E-state index contributed by atoms with van der Waals surface area (Å²) < 4.78 is 18.4. The van der Waals surface area contributed by atoms with E-state index in [0.717, 1.165) is 55.0 Å².